The van der Waals surface area contributed by atoms with Gasteiger partial charge in [-0.3, -0.25) is 0 Å². The predicted octanol–water partition coefficient (Wildman–Crippen LogP) is 9.70. The summed E-state index contributed by atoms with van der Waals surface area (Å²) in [6, 6.07) is 34.9. The summed E-state index contributed by atoms with van der Waals surface area (Å²) < 4.78 is 7.16. The van der Waals surface area contributed by atoms with Crippen molar-refractivity contribution in [3.8, 4) is 16.9 Å². The lowest BCUT2D eigenvalue weighted by Crippen LogP contribution is -2.41. The summed E-state index contributed by atoms with van der Waals surface area (Å²) in [5.74, 6) is 3.14. The first kappa shape index (κ1) is 29.3. The van der Waals surface area contributed by atoms with Crippen molar-refractivity contribution >= 4 is 17.4 Å². The van der Waals surface area contributed by atoms with Crippen molar-refractivity contribution in [2.45, 2.75) is 55.8 Å². The number of nitrogens with zero attached hydrogens (tertiary/aromatic N) is 3. The van der Waals surface area contributed by atoms with Crippen molar-refractivity contribution in [1.29, 1.82) is 0 Å². The van der Waals surface area contributed by atoms with Gasteiger partial charge in [0.1, 0.15) is 23.5 Å². The Morgan fingerprint density at radius 3 is 2.32 bits per heavy atom. The first-order valence-electron chi connectivity index (χ1n) is 18.0. The van der Waals surface area contributed by atoms with Crippen LogP contribution in [0.1, 0.15) is 65.9 Å². The Balaban J connectivity index is 1.01. The summed E-state index contributed by atoms with van der Waals surface area (Å²) in [6.07, 6.45) is 22.4. The summed E-state index contributed by atoms with van der Waals surface area (Å²) in [5, 5.41) is 3.54. The van der Waals surface area contributed by atoms with Gasteiger partial charge in [-0.1, -0.05) is 127 Å². The number of para-hydroxylation sites is 2. The van der Waals surface area contributed by atoms with E-state index in [1.54, 1.807) is 0 Å². The highest BCUT2D eigenvalue weighted by atomic mass is 16.5. The molecule has 5 unspecified atom stereocenters. The van der Waals surface area contributed by atoms with E-state index in [1.807, 2.05) is 6.07 Å². The Morgan fingerprint density at radius 2 is 1.46 bits per heavy atom. The van der Waals surface area contributed by atoms with Gasteiger partial charge >= 0.3 is 0 Å². The maximum absolute atomic E-state index is 7.16. The van der Waals surface area contributed by atoms with Gasteiger partial charge in [0.25, 0.3) is 0 Å². The molecule has 1 N–H and O–H groups in total. The molecule has 3 aliphatic carbocycles. The predicted molar refractivity (Wildman–Crippen MR) is 203 cm³/mol. The van der Waals surface area contributed by atoms with Gasteiger partial charge in [-0.25, -0.2) is 9.98 Å². The number of nitrogens with one attached hydrogen (secondary N) is 1. The molecule has 0 saturated heterocycles. The number of ether oxygens (including phenoxy) is 1. The lowest BCUT2D eigenvalue weighted by Gasteiger charge is -2.36. The number of hydrogen-bond donors (Lipinski definition) is 1. The second kappa shape index (κ2) is 12.0. The lowest BCUT2D eigenvalue weighted by molar-refractivity contribution is 0.176. The molecule has 0 bridgehead atoms. The third kappa shape index (κ3) is 4.83. The zero-order valence-electron chi connectivity index (χ0n) is 27.8. The third-order valence-corrected chi connectivity index (χ3v) is 10.9. The summed E-state index contributed by atoms with van der Waals surface area (Å²) in [7, 11) is 0. The van der Waals surface area contributed by atoms with Crippen LogP contribution in [0.5, 0.6) is 5.75 Å². The Morgan fingerprint density at radius 1 is 0.680 bits per heavy atom. The minimum atomic E-state index is -0.370. The molecule has 0 fully saturated rings. The van der Waals surface area contributed by atoms with Crippen LogP contribution in [-0.2, 0) is 0 Å². The topological polar surface area (TPSA) is 49.2 Å². The Bertz CT molecular complexity index is 2220. The fraction of sp³-hybridized carbons (Fsp3) is 0.200. The summed E-state index contributed by atoms with van der Waals surface area (Å²) in [6.45, 7) is 0. The number of amidine groups is 2. The summed E-state index contributed by atoms with van der Waals surface area (Å²) >= 11 is 0. The minimum absolute atomic E-state index is 0.0232. The van der Waals surface area contributed by atoms with Crippen LogP contribution in [0.3, 0.4) is 0 Å². The molecule has 5 atom stereocenters. The fourth-order valence-corrected chi connectivity index (χ4v) is 8.61. The largest absolute Gasteiger partial charge is 0.488 e. The molecular weight excluding hydrogens is 613 g/mol. The van der Waals surface area contributed by atoms with E-state index in [9.17, 15) is 0 Å². The summed E-state index contributed by atoms with van der Waals surface area (Å²) in [5.41, 5.74) is 10.7. The van der Waals surface area contributed by atoms with Gasteiger partial charge in [-0.2, -0.15) is 0 Å². The highest BCUT2D eigenvalue weighted by molar-refractivity contribution is 6.16. The Hall–Kier alpha value is -5.68. The highest BCUT2D eigenvalue weighted by Gasteiger charge is 2.51. The molecule has 0 aromatic heterocycles. The molecule has 0 amide bonds. The van der Waals surface area contributed by atoms with Gasteiger partial charge in [0.05, 0.1) is 6.04 Å². The monoisotopic (exact) mass is 650 g/mol. The fourth-order valence-electron chi connectivity index (χ4n) is 8.61. The normalized spacial score (nSPS) is 25.6. The maximum Gasteiger partial charge on any atom is 0.169 e. The first-order chi connectivity index (χ1) is 24.8. The highest BCUT2D eigenvalue weighted by Crippen LogP contribution is 2.56. The molecule has 0 spiro atoms. The third-order valence-electron chi connectivity index (χ3n) is 10.9. The van der Waals surface area contributed by atoms with E-state index < -0.39 is 0 Å². The minimum Gasteiger partial charge on any atom is -0.488 e. The molecule has 6 aliphatic rings. The molecule has 0 saturated carbocycles. The average molecular weight is 651 g/mol. The van der Waals surface area contributed by atoms with Crippen molar-refractivity contribution in [2.75, 3.05) is 4.90 Å². The van der Waals surface area contributed by atoms with Crippen LogP contribution in [0.15, 0.2) is 167 Å². The number of anilines is 1. The zero-order valence-corrected chi connectivity index (χ0v) is 27.8. The number of rotatable bonds is 5. The van der Waals surface area contributed by atoms with Gasteiger partial charge < -0.3 is 15.0 Å². The molecule has 3 heterocycles. The molecule has 4 aromatic rings. The van der Waals surface area contributed by atoms with E-state index in [0.29, 0.717) is 0 Å². The van der Waals surface area contributed by atoms with Crippen LogP contribution in [-0.4, -0.2) is 23.8 Å². The van der Waals surface area contributed by atoms with Crippen molar-refractivity contribution in [1.82, 2.24) is 5.32 Å². The molecule has 50 heavy (non-hydrogen) atoms. The SMILES string of the molecule is C1=CC(C2=NC(c3cccc(-c4cccc5c4OC4C5C=CC5C4c4ccccc4N5C4=CCCC=C4)c3)N=C(c3ccccc3)N2)=CCC1. The Labute approximate surface area is 293 Å². The molecule has 244 valence electrons. The molecule has 5 nitrogen and oxygen atoms in total. The van der Waals surface area contributed by atoms with Gasteiger partial charge in [0.2, 0.25) is 0 Å². The van der Waals surface area contributed by atoms with Gasteiger partial charge in [-0.15, -0.1) is 0 Å². The molecule has 10 rings (SSSR count). The average Bonchev–Trinajstić information content (AvgIpc) is 3.75. The van der Waals surface area contributed by atoms with Crippen molar-refractivity contribution in [3.63, 3.8) is 0 Å². The number of hydrogen-bond acceptors (Lipinski definition) is 5. The number of benzene rings is 4. The van der Waals surface area contributed by atoms with Crippen LogP contribution in [0.2, 0.25) is 0 Å². The van der Waals surface area contributed by atoms with Gasteiger partial charge in [0.15, 0.2) is 6.17 Å². The van der Waals surface area contributed by atoms with Crippen LogP contribution in [0, 0.1) is 0 Å². The van der Waals surface area contributed by atoms with Crippen LogP contribution in [0.4, 0.5) is 5.69 Å². The molecular formula is C45H38N4O. The van der Waals surface area contributed by atoms with E-state index in [2.05, 4.69) is 150 Å². The van der Waals surface area contributed by atoms with Crippen LogP contribution in [0.25, 0.3) is 11.1 Å². The number of allylic oxidation sites excluding steroid dienone is 5. The molecule has 4 aromatic carbocycles. The second-order valence-electron chi connectivity index (χ2n) is 13.9. The van der Waals surface area contributed by atoms with Crippen molar-refractivity contribution < 1.29 is 4.74 Å². The standard InChI is InChI=1S/C45H38N4O/c1-4-14-29(15-5-1)43-46-44(30-16-6-2-7-17-30)48-45(47-43)32-19-12-18-31(28-32)34-23-13-24-35-36-26-27-39-40(42(36)50-41(34)35)37-22-10-11-25-38(37)49(39)33-20-8-3-9-21-33/h1,4-6,8,10-28,36,39-40,42,45H,2-3,7,9H2,(H,46,47,48). The number of fused-ring (bicyclic) bond motifs is 7. The van der Waals surface area contributed by atoms with E-state index in [-0.39, 0.29) is 30.1 Å². The van der Waals surface area contributed by atoms with Crippen molar-refractivity contribution in [2.24, 2.45) is 9.98 Å². The van der Waals surface area contributed by atoms with Gasteiger partial charge in [0, 0.05) is 45.5 Å². The zero-order chi connectivity index (χ0) is 33.0. The van der Waals surface area contributed by atoms with Crippen molar-refractivity contribution in [3.05, 3.63) is 179 Å². The summed E-state index contributed by atoms with van der Waals surface area (Å²) in [4.78, 5) is 12.9. The quantitative estimate of drug-likeness (QED) is 0.219. The lowest BCUT2D eigenvalue weighted by atomic mass is 9.76. The van der Waals surface area contributed by atoms with E-state index in [4.69, 9.17) is 14.7 Å². The second-order valence-corrected chi connectivity index (χ2v) is 13.9. The van der Waals surface area contributed by atoms with E-state index >= 15 is 0 Å². The first-order valence-corrected chi connectivity index (χ1v) is 18.0. The van der Waals surface area contributed by atoms with Gasteiger partial charge in [-0.05, 0) is 60.6 Å². The van der Waals surface area contributed by atoms with E-state index in [1.165, 1.54) is 22.5 Å². The van der Waals surface area contributed by atoms with E-state index in [0.717, 1.165) is 70.9 Å². The Kier molecular flexibility index (Phi) is 7.04. The molecule has 3 aliphatic heterocycles. The molecule has 5 heteroatoms. The smallest absolute Gasteiger partial charge is 0.169 e. The van der Waals surface area contributed by atoms with Crippen LogP contribution >= 0.6 is 0 Å². The van der Waals surface area contributed by atoms with Crippen LogP contribution < -0.4 is 15.0 Å². The number of aliphatic imine (C=N–C) groups is 2. The molecule has 0 radical (unpaired) electrons. The maximum atomic E-state index is 7.16.